The van der Waals surface area contributed by atoms with Crippen LogP contribution in [0.5, 0.6) is 0 Å². The molecule has 42 heavy (non-hydrogen) atoms. The number of ether oxygens (including phenoxy) is 2. The van der Waals surface area contributed by atoms with Gasteiger partial charge in [0, 0.05) is 42.4 Å². The Morgan fingerprint density at radius 3 is 1.50 bits per heavy atom. The molecule has 3 N–H and O–H groups in total. The molecule has 0 saturated heterocycles. The second-order valence-electron chi connectivity index (χ2n) is 10.8. The number of phosphoric acid groups is 1. The SMILES string of the molecule is CCCCCCCCCCCC(=O)OC[C@H](COP(=O)(O)OCC(O)CO)OC(=O)CCCCCCCCCCC.[Na]. The van der Waals surface area contributed by atoms with Gasteiger partial charge >= 0.3 is 19.8 Å². The molecular formula is C30H59NaO10P. The fourth-order valence-corrected chi connectivity index (χ4v) is 5.02. The van der Waals surface area contributed by atoms with E-state index >= 15 is 0 Å². The van der Waals surface area contributed by atoms with Crippen molar-refractivity contribution in [2.75, 3.05) is 26.4 Å². The molecule has 0 amide bonds. The maximum Gasteiger partial charge on any atom is 0.472 e. The molecule has 0 aromatic rings. The molecular weight excluding hydrogens is 574 g/mol. The monoisotopic (exact) mass is 633 g/mol. The second-order valence-corrected chi connectivity index (χ2v) is 12.3. The smallest absolute Gasteiger partial charge is 0.462 e. The van der Waals surface area contributed by atoms with Crippen LogP contribution in [0.3, 0.4) is 0 Å². The van der Waals surface area contributed by atoms with Crippen molar-refractivity contribution in [3.8, 4) is 0 Å². The molecule has 0 aliphatic carbocycles. The zero-order valence-electron chi connectivity index (χ0n) is 26.8. The van der Waals surface area contributed by atoms with Crippen LogP contribution < -0.4 is 0 Å². The van der Waals surface area contributed by atoms with E-state index in [0.717, 1.165) is 38.5 Å². The molecule has 0 bridgehead atoms. The first-order valence-corrected chi connectivity index (χ1v) is 17.5. The summed E-state index contributed by atoms with van der Waals surface area (Å²) in [4.78, 5) is 34.4. The van der Waals surface area contributed by atoms with Crippen molar-refractivity contribution >= 4 is 49.3 Å². The first-order valence-electron chi connectivity index (χ1n) is 16.0. The third-order valence-electron chi connectivity index (χ3n) is 6.76. The number of aliphatic hydroxyl groups is 2. The third kappa shape index (κ3) is 30.0. The third-order valence-corrected chi connectivity index (χ3v) is 7.71. The molecule has 2 unspecified atom stereocenters. The minimum Gasteiger partial charge on any atom is -0.462 e. The minimum atomic E-state index is -4.59. The first-order chi connectivity index (χ1) is 19.7. The summed E-state index contributed by atoms with van der Waals surface area (Å²) in [5.74, 6) is -0.927. The fourth-order valence-electron chi connectivity index (χ4n) is 4.23. The Kier molecular flexibility index (Phi) is 32.5. The number of unbranched alkanes of at least 4 members (excludes halogenated alkanes) is 16. The van der Waals surface area contributed by atoms with Gasteiger partial charge in [0.1, 0.15) is 12.7 Å². The molecule has 0 saturated carbocycles. The average molecular weight is 634 g/mol. The van der Waals surface area contributed by atoms with E-state index in [0.29, 0.717) is 12.8 Å². The summed E-state index contributed by atoms with van der Waals surface area (Å²) in [7, 11) is -4.59. The van der Waals surface area contributed by atoms with E-state index in [9.17, 15) is 24.2 Å². The van der Waals surface area contributed by atoms with Gasteiger partial charge in [-0.3, -0.25) is 18.6 Å². The summed E-state index contributed by atoms with van der Waals surface area (Å²) in [6.07, 6.45) is 18.1. The van der Waals surface area contributed by atoms with E-state index in [1.807, 2.05) is 0 Å². The first kappa shape index (κ1) is 44.1. The van der Waals surface area contributed by atoms with E-state index in [1.54, 1.807) is 0 Å². The van der Waals surface area contributed by atoms with Gasteiger partial charge in [-0.25, -0.2) is 4.57 Å². The zero-order valence-corrected chi connectivity index (χ0v) is 29.7. The fraction of sp³-hybridized carbons (Fsp3) is 0.933. The van der Waals surface area contributed by atoms with Crippen LogP contribution in [0.15, 0.2) is 0 Å². The van der Waals surface area contributed by atoms with Crippen molar-refractivity contribution in [2.24, 2.45) is 0 Å². The van der Waals surface area contributed by atoms with E-state index < -0.39 is 51.8 Å². The number of phosphoric ester groups is 1. The molecule has 245 valence electrons. The molecule has 0 rings (SSSR count). The van der Waals surface area contributed by atoms with Crippen molar-refractivity contribution in [1.82, 2.24) is 0 Å². The molecule has 1 radical (unpaired) electrons. The number of hydrogen-bond acceptors (Lipinski definition) is 9. The predicted molar refractivity (Wildman–Crippen MR) is 165 cm³/mol. The van der Waals surface area contributed by atoms with Crippen molar-refractivity contribution < 1.29 is 47.8 Å². The van der Waals surface area contributed by atoms with E-state index in [1.165, 1.54) is 64.2 Å². The summed E-state index contributed by atoms with van der Waals surface area (Å²) in [5, 5.41) is 18.1. The topological polar surface area (TPSA) is 149 Å². The van der Waals surface area contributed by atoms with Crippen molar-refractivity contribution in [3.63, 3.8) is 0 Å². The van der Waals surface area contributed by atoms with Crippen molar-refractivity contribution in [1.29, 1.82) is 0 Å². The van der Waals surface area contributed by atoms with E-state index in [-0.39, 0.29) is 49.0 Å². The summed E-state index contributed by atoms with van der Waals surface area (Å²) < 4.78 is 32.3. The number of carbonyl (C=O) groups is 2. The van der Waals surface area contributed by atoms with Crippen LogP contribution in [-0.2, 0) is 32.7 Å². The van der Waals surface area contributed by atoms with Crippen LogP contribution in [-0.4, -0.2) is 95.2 Å². The quantitative estimate of drug-likeness (QED) is 0.0352. The van der Waals surface area contributed by atoms with Gasteiger partial charge in [-0.05, 0) is 12.8 Å². The van der Waals surface area contributed by atoms with Crippen LogP contribution in [0, 0.1) is 0 Å². The largest absolute Gasteiger partial charge is 0.472 e. The molecule has 0 spiro atoms. The molecule has 0 heterocycles. The van der Waals surface area contributed by atoms with Crippen LogP contribution in [0.1, 0.15) is 142 Å². The number of aliphatic hydroxyl groups excluding tert-OH is 2. The standard InChI is InChI=1S/C30H59O10P.Na/c1-3-5-7-9-11-13-15-17-19-21-29(33)37-25-28(26-39-41(35,36)38-24-27(32)23-31)40-30(34)22-20-18-16-14-12-10-8-6-4-2;/h27-28,31-32H,3-26H2,1-2H3,(H,35,36);/t27?,28-;/m1./s1. The van der Waals surface area contributed by atoms with Gasteiger partial charge in [0.25, 0.3) is 0 Å². The Bertz CT molecular complexity index is 682. The normalized spacial score (nSPS) is 14.0. The minimum absolute atomic E-state index is 0. The Morgan fingerprint density at radius 1 is 0.643 bits per heavy atom. The molecule has 3 atom stereocenters. The zero-order chi connectivity index (χ0) is 30.6. The molecule has 0 fully saturated rings. The Labute approximate surface area is 276 Å². The number of esters is 2. The van der Waals surface area contributed by atoms with Gasteiger partial charge in [0.05, 0.1) is 19.8 Å². The van der Waals surface area contributed by atoms with Gasteiger partial charge in [-0.2, -0.15) is 0 Å². The molecule has 12 heteroatoms. The maximum atomic E-state index is 12.4. The summed E-state index contributed by atoms with van der Waals surface area (Å²) >= 11 is 0. The van der Waals surface area contributed by atoms with Crippen molar-refractivity contribution in [2.45, 2.75) is 154 Å². The van der Waals surface area contributed by atoms with Crippen LogP contribution in [0.2, 0.25) is 0 Å². The maximum absolute atomic E-state index is 12.4. The average Bonchev–Trinajstić information content (AvgIpc) is 2.95. The molecule has 0 aromatic heterocycles. The summed E-state index contributed by atoms with van der Waals surface area (Å²) in [6.45, 7) is 2.30. The Morgan fingerprint density at radius 2 is 1.05 bits per heavy atom. The molecule has 0 aliphatic heterocycles. The predicted octanol–water partition coefficient (Wildman–Crippen LogP) is 6.39. The Balaban J connectivity index is 0. The molecule has 0 aromatic carbocycles. The summed E-state index contributed by atoms with van der Waals surface area (Å²) in [6, 6.07) is 0. The van der Waals surface area contributed by atoms with Crippen LogP contribution >= 0.6 is 7.82 Å². The number of carbonyl (C=O) groups excluding carboxylic acids is 2. The second kappa shape index (κ2) is 31.0. The summed E-state index contributed by atoms with van der Waals surface area (Å²) in [5.41, 5.74) is 0. The van der Waals surface area contributed by atoms with E-state index in [2.05, 4.69) is 18.4 Å². The molecule has 10 nitrogen and oxygen atoms in total. The van der Waals surface area contributed by atoms with Gasteiger partial charge in [-0.15, -0.1) is 0 Å². The van der Waals surface area contributed by atoms with Crippen molar-refractivity contribution in [3.05, 3.63) is 0 Å². The van der Waals surface area contributed by atoms with Crippen LogP contribution in [0.4, 0.5) is 0 Å². The van der Waals surface area contributed by atoms with Gasteiger partial charge in [0.15, 0.2) is 6.10 Å². The van der Waals surface area contributed by atoms with Crippen LogP contribution in [0.25, 0.3) is 0 Å². The van der Waals surface area contributed by atoms with Gasteiger partial charge < -0.3 is 24.6 Å². The number of hydrogen-bond donors (Lipinski definition) is 3. The molecule has 0 aliphatic rings. The van der Waals surface area contributed by atoms with Gasteiger partial charge in [-0.1, -0.05) is 117 Å². The van der Waals surface area contributed by atoms with E-state index in [4.69, 9.17) is 19.1 Å². The Hall–Kier alpha value is -0.0300. The number of rotatable bonds is 30. The van der Waals surface area contributed by atoms with Gasteiger partial charge in [0.2, 0.25) is 0 Å².